The van der Waals surface area contributed by atoms with Crippen LogP contribution in [0.1, 0.15) is 43.0 Å². The molecule has 2 aromatic rings. The maximum atomic E-state index is 13.4. The molecular formula is C25H30F2N4O3. The molecule has 0 aromatic heterocycles. The van der Waals surface area contributed by atoms with E-state index in [-0.39, 0.29) is 17.7 Å². The zero-order valence-electron chi connectivity index (χ0n) is 19.2. The van der Waals surface area contributed by atoms with Gasteiger partial charge in [0.2, 0.25) is 0 Å². The second-order valence-electron chi connectivity index (χ2n) is 8.95. The topological polar surface area (TPSA) is 82.7 Å². The van der Waals surface area contributed by atoms with E-state index in [1.54, 1.807) is 12.1 Å². The fourth-order valence-electron chi connectivity index (χ4n) is 4.30. The lowest BCUT2D eigenvalue weighted by atomic mass is 9.97. The van der Waals surface area contributed by atoms with Crippen molar-refractivity contribution >= 4 is 29.0 Å². The van der Waals surface area contributed by atoms with Crippen LogP contribution >= 0.6 is 0 Å². The average Bonchev–Trinajstić information content (AvgIpc) is 3.34. The average molecular weight is 473 g/mol. The van der Waals surface area contributed by atoms with Crippen molar-refractivity contribution in [2.75, 3.05) is 41.8 Å². The smallest absolute Gasteiger partial charge is 0.323 e. The van der Waals surface area contributed by atoms with E-state index in [0.717, 1.165) is 56.6 Å². The zero-order valence-corrected chi connectivity index (χ0v) is 19.2. The Balaban J connectivity index is 1.49. The third-order valence-corrected chi connectivity index (χ3v) is 6.32. The Hall–Kier alpha value is -3.20. The standard InChI is InChI=1S/C25H30F2N4O3/c1-16-8-10-31(11-9-16)23-7-5-17(13-20(23)24(32)28-15-19-3-2-12-34-19)29-25(33)30-18-4-6-21(26)22(27)14-18/h4-7,13-14,16,19H,2-3,8-12,15H2,1H3,(H,28,32)(H2,29,30,33)/t19-/m1/s1. The van der Waals surface area contributed by atoms with Crippen molar-refractivity contribution < 1.29 is 23.1 Å². The molecule has 2 aromatic carbocycles. The third-order valence-electron chi connectivity index (χ3n) is 6.32. The van der Waals surface area contributed by atoms with Gasteiger partial charge in [0.15, 0.2) is 11.6 Å². The molecule has 0 spiro atoms. The van der Waals surface area contributed by atoms with Crippen molar-refractivity contribution in [2.24, 2.45) is 5.92 Å². The van der Waals surface area contributed by atoms with Crippen molar-refractivity contribution in [1.82, 2.24) is 5.32 Å². The number of carbonyl (C=O) groups is 2. The van der Waals surface area contributed by atoms with Crippen LogP contribution in [-0.4, -0.2) is 44.3 Å². The molecule has 1 atom stereocenters. The summed E-state index contributed by atoms with van der Waals surface area (Å²) in [7, 11) is 0. The normalized spacial score (nSPS) is 18.6. The monoisotopic (exact) mass is 472 g/mol. The largest absolute Gasteiger partial charge is 0.376 e. The third kappa shape index (κ3) is 6.02. The maximum Gasteiger partial charge on any atom is 0.323 e. The molecule has 4 rings (SSSR count). The van der Waals surface area contributed by atoms with E-state index in [0.29, 0.717) is 30.3 Å². The molecule has 2 aliphatic rings. The molecular weight excluding hydrogens is 442 g/mol. The van der Waals surface area contributed by atoms with Crippen molar-refractivity contribution in [1.29, 1.82) is 0 Å². The van der Waals surface area contributed by atoms with Crippen LogP contribution in [0.25, 0.3) is 0 Å². The quantitative estimate of drug-likeness (QED) is 0.567. The zero-order chi connectivity index (χ0) is 24.1. The van der Waals surface area contributed by atoms with E-state index in [1.165, 1.54) is 6.07 Å². The lowest BCUT2D eigenvalue weighted by Crippen LogP contribution is -2.36. The minimum atomic E-state index is -1.05. The molecule has 3 amide bonds. The van der Waals surface area contributed by atoms with Gasteiger partial charge < -0.3 is 25.6 Å². The van der Waals surface area contributed by atoms with Crippen LogP contribution in [0.3, 0.4) is 0 Å². The first-order valence-corrected chi connectivity index (χ1v) is 11.7. The van der Waals surface area contributed by atoms with Gasteiger partial charge in [-0.05, 0) is 61.9 Å². The van der Waals surface area contributed by atoms with E-state index in [4.69, 9.17) is 4.74 Å². The number of anilines is 3. The SMILES string of the molecule is CC1CCN(c2ccc(NC(=O)Nc3ccc(F)c(F)c3)cc2C(=O)NC[C@H]2CCCO2)CC1. The highest BCUT2D eigenvalue weighted by Crippen LogP contribution is 2.29. The van der Waals surface area contributed by atoms with Crippen LogP contribution in [0.4, 0.5) is 30.6 Å². The number of piperidine rings is 1. The van der Waals surface area contributed by atoms with Crippen molar-refractivity contribution in [3.05, 3.63) is 53.6 Å². The predicted molar refractivity (Wildman–Crippen MR) is 127 cm³/mol. The van der Waals surface area contributed by atoms with E-state index in [1.807, 2.05) is 6.07 Å². The first kappa shape index (κ1) is 23.9. The van der Waals surface area contributed by atoms with Gasteiger partial charge in [0, 0.05) is 49.4 Å². The van der Waals surface area contributed by atoms with E-state index in [9.17, 15) is 18.4 Å². The molecule has 34 heavy (non-hydrogen) atoms. The number of carbonyl (C=O) groups excluding carboxylic acids is 2. The van der Waals surface area contributed by atoms with Crippen LogP contribution < -0.4 is 20.9 Å². The molecule has 9 heteroatoms. The van der Waals surface area contributed by atoms with Gasteiger partial charge in [0.25, 0.3) is 5.91 Å². The van der Waals surface area contributed by atoms with Crippen molar-refractivity contribution in [2.45, 2.75) is 38.7 Å². The van der Waals surface area contributed by atoms with Gasteiger partial charge in [-0.1, -0.05) is 6.92 Å². The van der Waals surface area contributed by atoms with Crippen LogP contribution in [-0.2, 0) is 4.74 Å². The molecule has 0 bridgehead atoms. The number of hydrogen-bond donors (Lipinski definition) is 3. The number of amides is 3. The number of benzene rings is 2. The lowest BCUT2D eigenvalue weighted by molar-refractivity contribution is 0.0858. The summed E-state index contributed by atoms with van der Waals surface area (Å²) in [6.45, 7) is 5.09. The van der Waals surface area contributed by atoms with E-state index >= 15 is 0 Å². The highest BCUT2D eigenvalue weighted by molar-refractivity contribution is 6.04. The molecule has 2 fully saturated rings. The number of halogens is 2. The number of ether oxygens (including phenoxy) is 1. The first-order chi connectivity index (χ1) is 16.4. The molecule has 7 nitrogen and oxygen atoms in total. The molecule has 3 N–H and O–H groups in total. The van der Waals surface area contributed by atoms with Gasteiger partial charge in [-0.25, -0.2) is 13.6 Å². The number of nitrogens with one attached hydrogen (secondary N) is 3. The Morgan fingerprint density at radius 1 is 1.00 bits per heavy atom. The number of nitrogens with zero attached hydrogens (tertiary/aromatic N) is 1. The first-order valence-electron chi connectivity index (χ1n) is 11.7. The Labute approximate surface area is 197 Å². The summed E-state index contributed by atoms with van der Waals surface area (Å²) in [6.07, 6.45) is 4.03. The highest BCUT2D eigenvalue weighted by atomic mass is 19.2. The summed E-state index contributed by atoms with van der Waals surface area (Å²) >= 11 is 0. The Kier molecular flexibility index (Phi) is 7.62. The van der Waals surface area contributed by atoms with Crippen LogP contribution in [0.15, 0.2) is 36.4 Å². The number of rotatable bonds is 6. The molecule has 182 valence electrons. The van der Waals surface area contributed by atoms with Crippen molar-refractivity contribution in [3.63, 3.8) is 0 Å². The summed E-state index contributed by atoms with van der Waals surface area (Å²) in [6, 6.07) is 7.69. The van der Waals surface area contributed by atoms with Gasteiger partial charge >= 0.3 is 6.03 Å². The molecule has 2 saturated heterocycles. The number of urea groups is 1. The molecule has 0 aliphatic carbocycles. The van der Waals surface area contributed by atoms with Crippen LogP contribution in [0.2, 0.25) is 0 Å². The molecule has 2 heterocycles. The summed E-state index contributed by atoms with van der Waals surface area (Å²) < 4.78 is 32.2. The molecule has 2 aliphatic heterocycles. The van der Waals surface area contributed by atoms with E-state index in [2.05, 4.69) is 27.8 Å². The fraction of sp³-hybridized carbons (Fsp3) is 0.440. The highest BCUT2D eigenvalue weighted by Gasteiger charge is 2.23. The van der Waals surface area contributed by atoms with Crippen molar-refractivity contribution in [3.8, 4) is 0 Å². The number of hydrogen-bond acceptors (Lipinski definition) is 4. The summed E-state index contributed by atoms with van der Waals surface area (Å²) in [5, 5.41) is 8.10. The summed E-state index contributed by atoms with van der Waals surface area (Å²) in [4.78, 5) is 27.7. The predicted octanol–water partition coefficient (Wildman–Crippen LogP) is 4.75. The Morgan fingerprint density at radius 2 is 1.71 bits per heavy atom. The molecule has 0 radical (unpaired) electrons. The van der Waals surface area contributed by atoms with Gasteiger partial charge in [0.1, 0.15) is 0 Å². The second kappa shape index (κ2) is 10.8. The van der Waals surface area contributed by atoms with Gasteiger partial charge in [-0.2, -0.15) is 0 Å². The summed E-state index contributed by atoms with van der Waals surface area (Å²) in [5.74, 6) is -1.63. The van der Waals surface area contributed by atoms with Gasteiger partial charge in [-0.3, -0.25) is 4.79 Å². The second-order valence-corrected chi connectivity index (χ2v) is 8.95. The maximum absolute atomic E-state index is 13.4. The van der Waals surface area contributed by atoms with Crippen LogP contribution in [0, 0.1) is 17.6 Å². The van der Waals surface area contributed by atoms with E-state index < -0.39 is 17.7 Å². The molecule has 0 unspecified atom stereocenters. The Bertz CT molecular complexity index is 1030. The van der Waals surface area contributed by atoms with Crippen LogP contribution in [0.5, 0.6) is 0 Å². The minimum Gasteiger partial charge on any atom is -0.376 e. The fourth-order valence-corrected chi connectivity index (χ4v) is 4.30. The Morgan fingerprint density at radius 3 is 2.38 bits per heavy atom. The minimum absolute atomic E-state index is 0.0198. The van der Waals surface area contributed by atoms with Gasteiger partial charge in [0.05, 0.1) is 11.7 Å². The van der Waals surface area contributed by atoms with Gasteiger partial charge in [-0.15, -0.1) is 0 Å². The lowest BCUT2D eigenvalue weighted by Gasteiger charge is -2.33. The molecule has 0 saturated carbocycles. The summed E-state index contributed by atoms with van der Waals surface area (Å²) in [5.41, 5.74) is 1.82.